The number of nitrogens with one attached hydrogen (secondary N) is 2. The number of rotatable bonds is 6. The van der Waals surface area contributed by atoms with Gasteiger partial charge in [0.2, 0.25) is 5.91 Å². The second-order valence-corrected chi connectivity index (χ2v) is 5.68. The first-order valence-corrected chi connectivity index (χ1v) is 8.28. The number of fused-ring (bicyclic) bond motifs is 1. The lowest BCUT2D eigenvalue weighted by Gasteiger charge is -2.10. The second kappa shape index (κ2) is 9.67. The zero-order valence-corrected chi connectivity index (χ0v) is 14.9. The molecule has 0 saturated carbocycles. The lowest BCUT2D eigenvalue weighted by atomic mass is 10.2. The molecule has 8 nitrogen and oxygen atoms in total. The molecule has 0 aromatic heterocycles. The number of carbonyl (C=O) groups is 3. The van der Waals surface area contributed by atoms with Crippen molar-refractivity contribution in [2.45, 2.75) is 6.42 Å². The molecule has 0 aliphatic carbocycles. The van der Waals surface area contributed by atoms with Crippen LogP contribution in [0.3, 0.4) is 0 Å². The van der Waals surface area contributed by atoms with Gasteiger partial charge >= 0.3 is 5.97 Å². The van der Waals surface area contributed by atoms with E-state index >= 15 is 0 Å². The number of halogens is 1. The highest BCUT2D eigenvalue weighted by molar-refractivity contribution is 6.32. The molecule has 1 heterocycles. The van der Waals surface area contributed by atoms with Gasteiger partial charge in [0.25, 0.3) is 5.91 Å². The highest BCUT2D eigenvalue weighted by Gasteiger charge is 2.15. The highest BCUT2D eigenvalue weighted by atomic mass is 35.5. The van der Waals surface area contributed by atoms with E-state index in [0.717, 1.165) is 6.42 Å². The van der Waals surface area contributed by atoms with Crippen molar-refractivity contribution in [1.82, 2.24) is 10.6 Å². The molecular formula is C17H19ClN2O6. The summed E-state index contributed by atoms with van der Waals surface area (Å²) in [6.07, 6.45) is 3.41. The molecule has 0 atom stereocenters. The van der Waals surface area contributed by atoms with Crippen molar-refractivity contribution in [3.63, 3.8) is 0 Å². The van der Waals surface area contributed by atoms with Crippen LogP contribution in [0.25, 0.3) is 6.08 Å². The first kappa shape index (κ1) is 19.6. The molecule has 9 heteroatoms. The molecule has 0 bridgehead atoms. The number of carbonyl (C=O) groups excluding carboxylic acids is 3. The summed E-state index contributed by atoms with van der Waals surface area (Å²) in [4.78, 5) is 34.1. The van der Waals surface area contributed by atoms with Crippen molar-refractivity contribution < 1.29 is 28.6 Å². The smallest absolute Gasteiger partial charge is 0.331 e. The predicted octanol–water partition coefficient (Wildman–Crippen LogP) is 0.920. The zero-order valence-electron chi connectivity index (χ0n) is 14.2. The van der Waals surface area contributed by atoms with E-state index in [1.165, 1.54) is 19.2 Å². The Balaban J connectivity index is 1.88. The van der Waals surface area contributed by atoms with Crippen molar-refractivity contribution in [3.05, 3.63) is 28.8 Å². The SMILES string of the molecule is CNC(=O)CNC(=O)COC(=O)/C=C/c1cc(Cl)c2c(c1)OCCCO2. The van der Waals surface area contributed by atoms with E-state index in [4.69, 9.17) is 25.8 Å². The maximum absolute atomic E-state index is 11.7. The summed E-state index contributed by atoms with van der Waals surface area (Å²) in [5.41, 5.74) is 0.625. The Hall–Kier alpha value is -2.74. The average molecular weight is 383 g/mol. The molecule has 2 N–H and O–H groups in total. The molecule has 1 aromatic rings. The number of ether oxygens (including phenoxy) is 3. The van der Waals surface area contributed by atoms with Crippen LogP contribution in [-0.4, -0.2) is 51.2 Å². The van der Waals surface area contributed by atoms with Gasteiger partial charge < -0.3 is 24.8 Å². The summed E-state index contributed by atoms with van der Waals surface area (Å²) in [7, 11) is 1.45. The number of likely N-dealkylation sites (N-methyl/N-ethyl adjacent to an activating group) is 1. The predicted molar refractivity (Wildman–Crippen MR) is 94.1 cm³/mol. The average Bonchev–Trinajstić information content (AvgIpc) is 2.88. The minimum Gasteiger partial charge on any atom is -0.489 e. The Bertz CT molecular complexity index is 719. The van der Waals surface area contributed by atoms with Gasteiger partial charge in [0.05, 0.1) is 24.8 Å². The minimum atomic E-state index is -0.705. The topological polar surface area (TPSA) is 103 Å². The van der Waals surface area contributed by atoms with E-state index in [0.29, 0.717) is 35.3 Å². The molecule has 2 amide bonds. The summed E-state index contributed by atoms with van der Waals surface area (Å²) in [5, 5.41) is 5.04. The van der Waals surface area contributed by atoms with Gasteiger partial charge in [0, 0.05) is 19.5 Å². The molecule has 0 unspecified atom stereocenters. The molecule has 2 rings (SSSR count). The number of benzene rings is 1. The fourth-order valence-electron chi connectivity index (χ4n) is 2.01. The fourth-order valence-corrected chi connectivity index (χ4v) is 2.29. The van der Waals surface area contributed by atoms with E-state index in [1.54, 1.807) is 12.1 Å². The Morgan fingerprint density at radius 2 is 2.00 bits per heavy atom. The molecular weight excluding hydrogens is 364 g/mol. The Labute approximate surface area is 155 Å². The normalized spacial score (nSPS) is 13.0. The van der Waals surface area contributed by atoms with E-state index in [9.17, 15) is 14.4 Å². The lowest BCUT2D eigenvalue weighted by Crippen LogP contribution is -2.37. The molecule has 140 valence electrons. The number of esters is 1. The molecule has 0 saturated heterocycles. The van der Waals surface area contributed by atoms with E-state index in [1.807, 2.05) is 0 Å². The summed E-state index contributed by atoms with van der Waals surface area (Å²) in [5.74, 6) is -0.638. The molecule has 26 heavy (non-hydrogen) atoms. The third-order valence-corrected chi connectivity index (χ3v) is 3.59. The van der Waals surface area contributed by atoms with E-state index in [-0.39, 0.29) is 12.5 Å². The molecule has 1 aromatic carbocycles. The van der Waals surface area contributed by atoms with Crippen LogP contribution >= 0.6 is 11.6 Å². The third kappa shape index (κ3) is 5.96. The van der Waals surface area contributed by atoms with Crippen LogP contribution in [0.5, 0.6) is 11.5 Å². The molecule has 0 fully saturated rings. The van der Waals surface area contributed by atoms with Crippen molar-refractivity contribution in [3.8, 4) is 11.5 Å². The fraction of sp³-hybridized carbons (Fsp3) is 0.353. The van der Waals surface area contributed by atoms with E-state index in [2.05, 4.69) is 10.6 Å². The summed E-state index contributed by atoms with van der Waals surface area (Å²) in [6, 6.07) is 3.33. The second-order valence-electron chi connectivity index (χ2n) is 5.27. The molecule has 1 aliphatic heterocycles. The maximum atomic E-state index is 11.7. The van der Waals surface area contributed by atoms with Gasteiger partial charge in [-0.3, -0.25) is 9.59 Å². The van der Waals surface area contributed by atoms with Crippen LogP contribution in [0.4, 0.5) is 0 Å². The first-order valence-electron chi connectivity index (χ1n) is 7.91. The van der Waals surface area contributed by atoms with Crippen LogP contribution in [-0.2, 0) is 19.1 Å². The lowest BCUT2D eigenvalue weighted by molar-refractivity contribution is -0.143. The van der Waals surface area contributed by atoms with Gasteiger partial charge in [-0.1, -0.05) is 11.6 Å². The van der Waals surface area contributed by atoms with Gasteiger partial charge in [-0.2, -0.15) is 0 Å². The minimum absolute atomic E-state index is 0.182. The van der Waals surface area contributed by atoms with Crippen LogP contribution < -0.4 is 20.1 Å². The van der Waals surface area contributed by atoms with Crippen molar-refractivity contribution in [2.24, 2.45) is 0 Å². The van der Waals surface area contributed by atoms with Gasteiger partial charge in [-0.25, -0.2) is 4.79 Å². The summed E-state index contributed by atoms with van der Waals surface area (Å²) >= 11 is 6.17. The zero-order chi connectivity index (χ0) is 18.9. The van der Waals surface area contributed by atoms with Gasteiger partial charge in [0.1, 0.15) is 0 Å². The Morgan fingerprint density at radius 1 is 1.23 bits per heavy atom. The van der Waals surface area contributed by atoms with Crippen LogP contribution in [0.1, 0.15) is 12.0 Å². The quantitative estimate of drug-likeness (QED) is 0.560. The number of hydrogen-bond acceptors (Lipinski definition) is 6. The monoisotopic (exact) mass is 382 g/mol. The summed E-state index contributed by atoms with van der Waals surface area (Å²) in [6.45, 7) is 0.375. The molecule has 0 spiro atoms. The molecule has 1 aliphatic rings. The highest BCUT2D eigenvalue weighted by Crippen LogP contribution is 2.38. The van der Waals surface area contributed by atoms with Crippen LogP contribution in [0.15, 0.2) is 18.2 Å². The molecule has 0 radical (unpaired) electrons. The summed E-state index contributed by atoms with van der Waals surface area (Å²) < 4.78 is 15.9. The largest absolute Gasteiger partial charge is 0.489 e. The first-order chi connectivity index (χ1) is 12.5. The number of hydrogen-bond donors (Lipinski definition) is 2. The standard InChI is InChI=1S/C17H19ClN2O6/c1-19-14(21)9-20-15(22)10-26-16(23)4-3-11-7-12(18)17-13(8-11)24-5-2-6-25-17/h3-4,7-8H,2,5-6,9-10H2,1H3,(H,19,21)(H,20,22)/b4-3+. The van der Waals surface area contributed by atoms with E-state index < -0.39 is 18.5 Å². The van der Waals surface area contributed by atoms with Gasteiger partial charge in [-0.05, 0) is 23.8 Å². The van der Waals surface area contributed by atoms with Gasteiger partial charge in [-0.15, -0.1) is 0 Å². The van der Waals surface area contributed by atoms with Gasteiger partial charge in [0.15, 0.2) is 18.1 Å². The Morgan fingerprint density at radius 3 is 2.77 bits per heavy atom. The third-order valence-electron chi connectivity index (χ3n) is 3.31. The number of amides is 2. The van der Waals surface area contributed by atoms with Crippen LogP contribution in [0, 0.1) is 0 Å². The maximum Gasteiger partial charge on any atom is 0.331 e. The van der Waals surface area contributed by atoms with Crippen molar-refractivity contribution in [1.29, 1.82) is 0 Å². The van der Waals surface area contributed by atoms with Crippen molar-refractivity contribution in [2.75, 3.05) is 33.4 Å². The van der Waals surface area contributed by atoms with Crippen molar-refractivity contribution >= 4 is 35.5 Å². The van der Waals surface area contributed by atoms with Crippen LogP contribution in [0.2, 0.25) is 5.02 Å². The Kier molecular flexibility index (Phi) is 7.28.